The van der Waals surface area contributed by atoms with Crippen LogP contribution < -0.4 is 5.32 Å². The maximum atomic E-state index is 11.2. The standard InChI is InChI=1S/C14H19N3O/c1-10(18)16-13-6-4-5-12-14(13)11(9-15-12)7-8-17(2)3/h4-6,9,15H,7-8H2,1-3H3,(H,16,18). The molecule has 4 nitrogen and oxygen atoms in total. The smallest absolute Gasteiger partial charge is 0.221 e. The molecule has 0 aliphatic rings. The number of carbonyl (C=O) groups excluding carboxylic acids is 1. The second kappa shape index (κ2) is 5.23. The lowest BCUT2D eigenvalue weighted by Crippen LogP contribution is -2.15. The Balaban J connectivity index is 2.38. The Morgan fingerprint density at radius 1 is 1.39 bits per heavy atom. The molecule has 18 heavy (non-hydrogen) atoms. The Bertz CT molecular complexity index is 557. The number of hydrogen-bond donors (Lipinski definition) is 2. The zero-order chi connectivity index (χ0) is 13.1. The van der Waals surface area contributed by atoms with Gasteiger partial charge in [-0.15, -0.1) is 0 Å². The van der Waals surface area contributed by atoms with Gasteiger partial charge in [0.2, 0.25) is 5.91 Å². The lowest BCUT2D eigenvalue weighted by Gasteiger charge is -2.10. The SMILES string of the molecule is CC(=O)Nc1cccc2[nH]cc(CCN(C)C)c12. The van der Waals surface area contributed by atoms with Crippen molar-refractivity contribution in [3.05, 3.63) is 30.0 Å². The van der Waals surface area contributed by atoms with Crippen molar-refractivity contribution >= 4 is 22.5 Å². The molecule has 4 heteroatoms. The molecular weight excluding hydrogens is 226 g/mol. The van der Waals surface area contributed by atoms with Crippen LogP contribution >= 0.6 is 0 Å². The van der Waals surface area contributed by atoms with Crippen LogP contribution in [0.4, 0.5) is 5.69 Å². The lowest BCUT2D eigenvalue weighted by atomic mass is 10.1. The highest BCUT2D eigenvalue weighted by atomic mass is 16.1. The number of likely N-dealkylation sites (N-methyl/N-ethyl adjacent to an activating group) is 1. The van der Waals surface area contributed by atoms with Crippen LogP contribution in [0.2, 0.25) is 0 Å². The third kappa shape index (κ3) is 2.71. The summed E-state index contributed by atoms with van der Waals surface area (Å²) in [7, 11) is 4.12. The van der Waals surface area contributed by atoms with Gasteiger partial charge in [0, 0.05) is 30.6 Å². The highest BCUT2D eigenvalue weighted by molar-refractivity contribution is 6.02. The minimum absolute atomic E-state index is 0.0396. The molecule has 0 fully saturated rings. The number of nitrogens with zero attached hydrogens (tertiary/aromatic N) is 1. The summed E-state index contributed by atoms with van der Waals surface area (Å²) in [5, 5.41) is 4.01. The van der Waals surface area contributed by atoms with Crippen LogP contribution in [0.5, 0.6) is 0 Å². The van der Waals surface area contributed by atoms with E-state index in [9.17, 15) is 4.79 Å². The summed E-state index contributed by atoms with van der Waals surface area (Å²) < 4.78 is 0. The summed E-state index contributed by atoms with van der Waals surface area (Å²) in [6, 6.07) is 5.91. The van der Waals surface area contributed by atoms with E-state index >= 15 is 0 Å². The number of nitrogens with one attached hydrogen (secondary N) is 2. The number of anilines is 1. The van der Waals surface area contributed by atoms with Crippen LogP contribution in [0.1, 0.15) is 12.5 Å². The van der Waals surface area contributed by atoms with Gasteiger partial charge >= 0.3 is 0 Å². The van der Waals surface area contributed by atoms with Crippen LogP contribution in [0.15, 0.2) is 24.4 Å². The molecule has 0 spiro atoms. The van der Waals surface area contributed by atoms with Crippen molar-refractivity contribution in [3.63, 3.8) is 0 Å². The topological polar surface area (TPSA) is 48.1 Å². The van der Waals surface area contributed by atoms with E-state index in [0.717, 1.165) is 29.6 Å². The van der Waals surface area contributed by atoms with Gasteiger partial charge in [-0.3, -0.25) is 4.79 Å². The van der Waals surface area contributed by atoms with Crippen molar-refractivity contribution < 1.29 is 4.79 Å². The first-order valence-corrected chi connectivity index (χ1v) is 6.09. The molecule has 1 amide bonds. The summed E-state index contributed by atoms with van der Waals surface area (Å²) in [5.74, 6) is -0.0396. The van der Waals surface area contributed by atoms with Gasteiger partial charge in [-0.25, -0.2) is 0 Å². The first-order chi connectivity index (χ1) is 8.58. The van der Waals surface area contributed by atoms with Crippen LogP contribution in [-0.4, -0.2) is 36.4 Å². The average Bonchev–Trinajstić information content (AvgIpc) is 2.70. The fourth-order valence-electron chi connectivity index (χ4n) is 2.09. The van der Waals surface area contributed by atoms with E-state index in [1.807, 2.05) is 24.4 Å². The van der Waals surface area contributed by atoms with Gasteiger partial charge < -0.3 is 15.2 Å². The largest absolute Gasteiger partial charge is 0.361 e. The van der Waals surface area contributed by atoms with Crippen LogP contribution in [0.3, 0.4) is 0 Å². The Morgan fingerprint density at radius 2 is 2.17 bits per heavy atom. The molecular formula is C14H19N3O. The maximum absolute atomic E-state index is 11.2. The summed E-state index contributed by atoms with van der Waals surface area (Å²) in [4.78, 5) is 16.6. The van der Waals surface area contributed by atoms with Crippen LogP contribution in [0.25, 0.3) is 10.9 Å². The fraction of sp³-hybridized carbons (Fsp3) is 0.357. The van der Waals surface area contributed by atoms with E-state index < -0.39 is 0 Å². The van der Waals surface area contributed by atoms with E-state index in [1.54, 1.807) is 0 Å². The van der Waals surface area contributed by atoms with E-state index in [0.29, 0.717) is 0 Å². The molecule has 0 atom stereocenters. The zero-order valence-corrected chi connectivity index (χ0v) is 11.1. The molecule has 1 heterocycles. The molecule has 2 rings (SSSR count). The third-order valence-electron chi connectivity index (χ3n) is 2.93. The molecule has 0 bridgehead atoms. The Morgan fingerprint density at radius 3 is 2.83 bits per heavy atom. The number of carbonyl (C=O) groups is 1. The number of aromatic amines is 1. The van der Waals surface area contributed by atoms with E-state index in [2.05, 4.69) is 29.3 Å². The highest BCUT2D eigenvalue weighted by Crippen LogP contribution is 2.27. The molecule has 0 aliphatic carbocycles. The van der Waals surface area contributed by atoms with Gasteiger partial charge in [0.1, 0.15) is 0 Å². The number of amides is 1. The second-order valence-electron chi connectivity index (χ2n) is 4.78. The molecule has 0 unspecified atom stereocenters. The van der Waals surface area contributed by atoms with Crippen LogP contribution in [0, 0.1) is 0 Å². The van der Waals surface area contributed by atoms with E-state index in [4.69, 9.17) is 0 Å². The van der Waals surface area contributed by atoms with Crippen molar-refractivity contribution in [2.75, 3.05) is 26.0 Å². The lowest BCUT2D eigenvalue weighted by molar-refractivity contribution is -0.114. The first-order valence-electron chi connectivity index (χ1n) is 6.09. The van der Waals surface area contributed by atoms with Crippen molar-refractivity contribution in [1.82, 2.24) is 9.88 Å². The van der Waals surface area contributed by atoms with Gasteiger partial charge in [-0.05, 0) is 38.2 Å². The van der Waals surface area contributed by atoms with Gasteiger partial charge in [0.05, 0.1) is 5.69 Å². The first kappa shape index (κ1) is 12.6. The number of H-pyrrole nitrogens is 1. The highest BCUT2D eigenvalue weighted by Gasteiger charge is 2.09. The Hall–Kier alpha value is -1.81. The van der Waals surface area contributed by atoms with Gasteiger partial charge in [-0.2, -0.15) is 0 Å². The summed E-state index contributed by atoms with van der Waals surface area (Å²) >= 11 is 0. The molecule has 0 saturated heterocycles. The molecule has 0 saturated carbocycles. The van der Waals surface area contributed by atoms with Crippen molar-refractivity contribution in [1.29, 1.82) is 0 Å². The number of rotatable bonds is 4. The van der Waals surface area contributed by atoms with Crippen LogP contribution in [-0.2, 0) is 11.2 Å². The quantitative estimate of drug-likeness (QED) is 0.867. The van der Waals surface area contributed by atoms with Gasteiger partial charge in [0.15, 0.2) is 0 Å². The van der Waals surface area contributed by atoms with Crippen molar-refractivity contribution in [2.24, 2.45) is 0 Å². The van der Waals surface area contributed by atoms with Crippen molar-refractivity contribution in [3.8, 4) is 0 Å². The van der Waals surface area contributed by atoms with Gasteiger partial charge in [0.25, 0.3) is 0 Å². The average molecular weight is 245 g/mol. The van der Waals surface area contributed by atoms with Crippen molar-refractivity contribution in [2.45, 2.75) is 13.3 Å². The summed E-state index contributed by atoms with van der Waals surface area (Å²) in [6.07, 6.45) is 2.99. The Labute approximate surface area is 107 Å². The normalized spacial score (nSPS) is 11.1. The van der Waals surface area contributed by atoms with E-state index in [-0.39, 0.29) is 5.91 Å². The Kier molecular flexibility index (Phi) is 3.67. The molecule has 0 aliphatic heterocycles. The number of aromatic nitrogens is 1. The third-order valence-corrected chi connectivity index (χ3v) is 2.93. The number of benzene rings is 1. The zero-order valence-electron chi connectivity index (χ0n) is 11.1. The predicted molar refractivity (Wildman–Crippen MR) is 74.9 cm³/mol. The molecule has 2 aromatic rings. The number of fused-ring (bicyclic) bond motifs is 1. The molecule has 96 valence electrons. The second-order valence-corrected chi connectivity index (χ2v) is 4.78. The monoisotopic (exact) mass is 245 g/mol. The number of hydrogen-bond acceptors (Lipinski definition) is 2. The molecule has 1 aromatic heterocycles. The summed E-state index contributed by atoms with van der Waals surface area (Å²) in [6.45, 7) is 2.52. The summed E-state index contributed by atoms with van der Waals surface area (Å²) in [5.41, 5.74) is 3.19. The maximum Gasteiger partial charge on any atom is 0.221 e. The predicted octanol–water partition coefficient (Wildman–Crippen LogP) is 2.23. The fourth-order valence-corrected chi connectivity index (χ4v) is 2.09. The molecule has 0 radical (unpaired) electrons. The minimum Gasteiger partial charge on any atom is -0.361 e. The minimum atomic E-state index is -0.0396. The molecule has 2 N–H and O–H groups in total. The van der Waals surface area contributed by atoms with E-state index in [1.165, 1.54) is 12.5 Å². The van der Waals surface area contributed by atoms with Gasteiger partial charge in [-0.1, -0.05) is 6.07 Å². The molecule has 1 aromatic carbocycles.